The first-order valence-corrected chi connectivity index (χ1v) is 7.48. The van der Waals surface area contributed by atoms with Crippen LogP contribution in [0, 0.1) is 5.92 Å². The number of rotatable bonds is 5. The van der Waals surface area contributed by atoms with E-state index in [0.717, 1.165) is 44.9 Å². The molecule has 0 bridgehead atoms. The Morgan fingerprint density at radius 3 is 2.57 bits per heavy atom. The highest BCUT2D eigenvalue weighted by Gasteiger charge is 2.22. The number of nitrogens with zero attached hydrogens (tertiary/aromatic N) is 2. The van der Waals surface area contributed by atoms with Gasteiger partial charge in [0.1, 0.15) is 0 Å². The van der Waals surface area contributed by atoms with E-state index in [0.29, 0.717) is 12.3 Å². The third-order valence-corrected chi connectivity index (χ3v) is 3.71. The minimum Gasteiger partial charge on any atom is -0.359 e. The topological polar surface area (TPSA) is 56.7 Å². The van der Waals surface area contributed by atoms with E-state index in [9.17, 15) is 4.79 Å². The molecule has 0 saturated carbocycles. The molecular weight excluding hydrogens is 379 g/mol. The van der Waals surface area contributed by atoms with Crippen molar-refractivity contribution in [3.63, 3.8) is 0 Å². The van der Waals surface area contributed by atoms with Gasteiger partial charge >= 0.3 is 0 Å². The van der Waals surface area contributed by atoms with Gasteiger partial charge in [0.15, 0.2) is 5.96 Å². The molecule has 0 aromatic carbocycles. The van der Waals surface area contributed by atoms with Crippen molar-refractivity contribution in [3.05, 3.63) is 12.2 Å². The van der Waals surface area contributed by atoms with Gasteiger partial charge in [-0.25, -0.2) is 0 Å². The molecule has 0 aromatic heterocycles. The molecule has 1 saturated heterocycles. The average molecular weight is 408 g/mol. The van der Waals surface area contributed by atoms with Gasteiger partial charge in [-0.15, -0.1) is 24.0 Å². The number of halogens is 1. The molecule has 0 radical (unpaired) electrons. The van der Waals surface area contributed by atoms with E-state index in [1.165, 1.54) is 0 Å². The third-order valence-electron chi connectivity index (χ3n) is 3.71. The Hall–Kier alpha value is -0.790. The second-order valence-electron chi connectivity index (χ2n) is 5.14. The summed E-state index contributed by atoms with van der Waals surface area (Å²) < 4.78 is 0. The van der Waals surface area contributed by atoms with Crippen LogP contribution < -0.4 is 10.6 Å². The molecule has 1 aliphatic rings. The second kappa shape index (κ2) is 11.8. The monoisotopic (exact) mass is 408 g/mol. The van der Waals surface area contributed by atoms with Gasteiger partial charge in [0.25, 0.3) is 0 Å². The fraction of sp³-hybridized carbons (Fsp3) is 0.733. The lowest BCUT2D eigenvalue weighted by Crippen LogP contribution is -2.46. The number of hydrogen-bond acceptors (Lipinski definition) is 2. The molecule has 122 valence electrons. The van der Waals surface area contributed by atoms with E-state index in [-0.39, 0.29) is 29.9 Å². The van der Waals surface area contributed by atoms with E-state index in [4.69, 9.17) is 0 Å². The van der Waals surface area contributed by atoms with Crippen molar-refractivity contribution >= 4 is 35.8 Å². The summed E-state index contributed by atoms with van der Waals surface area (Å²) >= 11 is 0. The molecule has 6 heteroatoms. The summed E-state index contributed by atoms with van der Waals surface area (Å²) in [7, 11) is 3.53. The first-order chi connectivity index (χ1) is 9.71. The maximum atomic E-state index is 11.4. The van der Waals surface area contributed by atoms with Crippen LogP contribution in [0.15, 0.2) is 17.1 Å². The Labute approximate surface area is 145 Å². The summed E-state index contributed by atoms with van der Waals surface area (Å²) in [6.07, 6.45) is 8.00. The predicted octanol–water partition coefficient (Wildman–Crippen LogP) is 1.99. The molecule has 21 heavy (non-hydrogen) atoms. The number of hydrogen-bond donors (Lipinski definition) is 2. The highest BCUT2D eigenvalue weighted by atomic mass is 127. The van der Waals surface area contributed by atoms with Gasteiger partial charge in [-0.2, -0.15) is 0 Å². The summed E-state index contributed by atoms with van der Waals surface area (Å²) in [5, 5.41) is 6.09. The summed E-state index contributed by atoms with van der Waals surface area (Å²) in [5.74, 6) is 1.64. The van der Waals surface area contributed by atoms with E-state index < -0.39 is 0 Å². The lowest BCUT2D eigenvalue weighted by Gasteiger charge is -2.34. The molecule has 2 N–H and O–H groups in total. The van der Waals surface area contributed by atoms with E-state index in [2.05, 4.69) is 32.7 Å². The molecule has 1 amide bonds. The molecule has 0 spiro atoms. The van der Waals surface area contributed by atoms with Crippen molar-refractivity contribution < 1.29 is 4.79 Å². The number of aliphatic imine (C=N–C) groups is 1. The van der Waals surface area contributed by atoms with Gasteiger partial charge in [-0.3, -0.25) is 9.79 Å². The quantitative estimate of drug-likeness (QED) is 0.241. The summed E-state index contributed by atoms with van der Waals surface area (Å²) in [5.41, 5.74) is 0. The second-order valence-corrected chi connectivity index (χ2v) is 5.14. The van der Waals surface area contributed by atoms with Gasteiger partial charge in [0.2, 0.25) is 5.91 Å². The molecule has 0 unspecified atom stereocenters. The van der Waals surface area contributed by atoms with Gasteiger partial charge in [0.05, 0.1) is 0 Å². The van der Waals surface area contributed by atoms with Crippen LogP contribution in [0.25, 0.3) is 0 Å². The van der Waals surface area contributed by atoms with Crippen LogP contribution in [-0.2, 0) is 4.79 Å². The number of likely N-dealkylation sites (tertiary alicyclic amines) is 1. The fourth-order valence-electron chi connectivity index (χ4n) is 2.48. The molecule has 5 nitrogen and oxygen atoms in total. The maximum Gasteiger partial charge on any atom is 0.220 e. The zero-order chi connectivity index (χ0) is 14.8. The number of carbonyl (C=O) groups excluding carboxylic acids is 1. The van der Waals surface area contributed by atoms with Crippen molar-refractivity contribution in [1.82, 2.24) is 15.5 Å². The van der Waals surface area contributed by atoms with Crippen LogP contribution in [0.3, 0.4) is 0 Å². The normalized spacial score (nSPS) is 16.7. The number of piperidine rings is 1. The molecule has 1 aliphatic heterocycles. The lowest BCUT2D eigenvalue weighted by atomic mass is 9.93. The Morgan fingerprint density at radius 1 is 1.38 bits per heavy atom. The average Bonchev–Trinajstić information content (AvgIpc) is 2.48. The number of nitrogens with one attached hydrogen (secondary N) is 2. The third kappa shape index (κ3) is 7.68. The first-order valence-electron chi connectivity index (χ1n) is 7.48. The molecule has 0 atom stereocenters. The molecule has 1 heterocycles. The predicted molar refractivity (Wildman–Crippen MR) is 99.2 cm³/mol. The van der Waals surface area contributed by atoms with Crippen molar-refractivity contribution in [2.24, 2.45) is 10.9 Å². The van der Waals surface area contributed by atoms with Crippen molar-refractivity contribution in [2.75, 3.05) is 33.7 Å². The van der Waals surface area contributed by atoms with E-state index in [1.807, 2.05) is 14.0 Å². The molecule has 1 fully saturated rings. The number of amides is 1. The van der Waals surface area contributed by atoms with Crippen LogP contribution in [0.2, 0.25) is 0 Å². The lowest BCUT2D eigenvalue weighted by molar-refractivity contribution is -0.121. The Balaban J connectivity index is 0.00000400. The minimum atomic E-state index is 0. The first kappa shape index (κ1) is 20.2. The Bertz CT molecular complexity index is 350. The summed E-state index contributed by atoms with van der Waals surface area (Å²) in [6, 6.07) is 0. The zero-order valence-electron chi connectivity index (χ0n) is 13.4. The molecular formula is C15H29IN4O. The summed E-state index contributed by atoms with van der Waals surface area (Å²) in [4.78, 5) is 18.0. The van der Waals surface area contributed by atoms with Crippen LogP contribution in [0.4, 0.5) is 0 Å². The SMILES string of the molecule is C/C=C/CCNC(=NC)N1CCC(CC(=O)NC)CC1.I. The zero-order valence-corrected chi connectivity index (χ0v) is 15.7. The van der Waals surface area contributed by atoms with Crippen LogP contribution in [0.5, 0.6) is 0 Å². The fourth-order valence-corrected chi connectivity index (χ4v) is 2.48. The van der Waals surface area contributed by atoms with Gasteiger partial charge in [0, 0.05) is 40.2 Å². The molecule has 1 rings (SSSR count). The van der Waals surface area contributed by atoms with E-state index >= 15 is 0 Å². The van der Waals surface area contributed by atoms with Gasteiger partial charge in [-0.05, 0) is 32.1 Å². The van der Waals surface area contributed by atoms with Gasteiger partial charge < -0.3 is 15.5 Å². The number of carbonyl (C=O) groups is 1. The van der Waals surface area contributed by atoms with Crippen molar-refractivity contribution in [3.8, 4) is 0 Å². The molecule has 0 aromatic rings. The number of allylic oxidation sites excluding steroid dienone is 1. The Kier molecular flexibility index (Phi) is 11.4. The van der Waals surface area contributed by atoms with Crippen molar-refractivity contribution in [2.45, 2.75) is 32.6 Å². The highest BCUT2D eigenvalue weighted by Crippen LogP contribution is 2.20. The highest BCUT2D eigenvalue weighted by molar-refractivity contribution is 14.0. The van der Waals surface area contributed by atoms with Crippen molar-refractivity contribution in [1.29, 1.82) is 0 Å². The van der Waals surface area contributed by atoms with Crippen LogP contribution in [0.1, 0.15) is 32.6 Å². The van der Waals surface area contributed by atoms with Crippen LogP contribution >= 0.6 is 24.0 Å². The maximum absolute atomic E-state index is 11.4. The van der Waals surface area contributed by atoms with Gasteiger partial charge in [-0.1, -0.05) is 12.2 Å². The standard InChI is InChI=1S/C15H28N4O.HI/c1-4-5-6-9-18-15(17-3)19-10-7-13(8-11-19)12-14(20)16-2;/h4-5,13H,6-12H2,1-3H3,(H,16,20)(H,17,18);1H/b5-4+;. The minimum absolute atomic E-state index is 0. The van der Waals surface area contributed by atoms with E-state index in [1.54, 1.807) is 7.05 Å². The van der Waals surface area contributed by atoms with Crippen LogP contribution in [-0.4, -0.2) is 50.5 Å². The largest absolute Gasteiger partial charge is 0.359 e. The number of guanidine groups is 1. The summed E-state index contributed by atoms with van der Waals surface area (Å²) in [6.45, 7) is 4.90. The smallest absolute Gasteiger partial charge is 0.220 e. The Morgan fingerprint density at radius 2 is 2.05 bits per heavy atom. The molecule has 0 aliphatic carbocycles.